The number of halogens is 1. The standard InChI is InChI=1S/C29H26ClN5O/c1-20-11-13-21(14-12-20)27-23-19-31-32-28(26(23)33-35(27)25-10-6-5-9-24(25)30)34-17-15-29(36,16-18-34)22-7-3-2-4-8-22/h2-14,19,36H,15-18H2,1H3. The Balaban J connectivity index is 1.45. The summed E-state index contributed by atoms with van der Waals surface area (Å²) in [6.07, 6.45) is 2.98. The Morgan fingerprint density at radius 2 is 1.58 bits per heavy atom. The zero-order chi connectivity index (χ0) is 24.7. The second-order valence-electron chi connectivity index (χ2n) is 9.39. The highest BCUT2D eigenvalue weighted by molar-refractivity contribution is 6.32. The van der Waals surface area contributed by atoms with Crippen molar-refractivity contribution in [1.29, 1.82) is 0 Å². The molecule has 0 amide bonds. The maximum atomic E-state index is 11.3. The van der Waals surface area contributed by atoms with Crippen LogP contribution in [-0.4, -0.2) is 38.2 Å². The molecule has 0 unspecified atom stereocenters. The van der Waals surface area contributed by atoms with Crippen LogP contribution in [0.15, 0.2) is 85.1 Å². The molecule has 0 atom stereocenters. The molecule has 0 radical (unpaired) electrons. The highest BCUT2D eigenvalue weighted by Crippen LogP contribution is 2.38. The first-order chi connectivity index (χ1) is 17.5. The Hall–Kier alpha value is -3.74. The van der Waals surface area contributed by atoms with E-state index < -0.39 is 5.60 Å². The van der Waals surface area contributed by atoms with Crippen molar-refractivity contribution in [2.45, 2.75) is 25.4 Å². The highest BCUT2D eigenvalue weighted by atomic mass is 35.5. The number of aliphatic hydroxyl groups is 1. The fourth-order valence-electron chi connectivity index (χ4n) is 5.03. The lowest BCUT2D eigenvalue weighted by Gasteiger charge is -2.38. The van der Waals surface area contributed by atoms with Gasteiger partial charge in [-0.05, 0) is 37.5 Å². The molecule has 0 aliphatic carbocycles. The van der Waals surface area contributed by atoms with Gasteiger partial charge in [-0.2, -0.15) is 10.2 Å². The Labute approximate surface area is 214 Å². The van der Waals surface area contributed by atoms with E-state index in [2.05, 4.69) is 46.3 Å². The van der Waals surface area contributed by atoms with E-state index in [0.717, 1.165) is 39.2 Å². The Morgan fingerprint density at radius 3 is 2.31 bits per heavy atom. The van der Waals surface area contributed by atoms with Gasteiger partial charge in [0.2, 0.25) is 0 Å². The van der Waals surface area contributed by atoms with Crippen LogP contribution in [0.3, 0.4) is 0 Å². The summed E-state index contributed by atoms with van der Waals surface area (Å²) < 4.78 is 1.90. The van der Waals surface area contributed by atoms with Gasteiger partial charge in [0, 0.05) is 18.7 Å². The first-order valence-corrected chi connectivity index (χ1v) is 12.5. The number of hydrogen-bond donors (Lipinski definition) is 1. The molecule has 1 aliphatic rings. The summed E-state index contributed by atoms with van der Waals surface area (Å²) in [5.74, 6) is 0.724. The molecule has 1 aliphatic heterocycles. The molecule has 6 nitrogen and oxygen atoms in total. The van der Waals surface area contributed by atoms with Gasteiger partial charge in [-0.1, -0.05) is 83.9 Å². The third kappa shape index (κ3) is 3.92. The van der Waals surface area contributed by atoms with Crippen molar-refractivity contribution < 1.29 is 5.11 Å². The van der Waals surface area contributed by atoms with Crippen molar-refractivity contribution in [2.75, 3.05) is 18.0 Å². The number of nitrogens with zero attached hydrogens (tertiary/aromatic N) is 5. The maximum absolute atomic E-state index is 11.3. The van der Waals surface area contributed by atoms with Crippen LogP contribution < -0.4 is 4.90 Å². The van der Waals surface area contributed by atoms with Crippen LogP contribution >= 0.6 is 11.6 Å². The Kier molecular flexibility index (Phi) is 5.70. The van der Waals surface area contributed by atoms with Crippen LogP contribution in [0.2, 0.25) is 5.02 Å². The molecule has 0 spiro atoms. The summed E-state index contributed by atoms with van der Waals surface area (Å²) in [6.45, 7) is 3.37. The predicted octanol–water partition coefficient (Wildman–Crippen LogP) is 5.93. The monoisotopic (exact) mass is 495 g/mol. The number of benzene rings is 3. The minimum atomic E-state index is -0.844. The van der Waals surface area contributed by atoms with Gasteiger partial charge in [0.1, 0.15) is 5.52 Å². The molecule has 0 bridgehead atoms. The fourth-order valence-corrected chi connectivity index (χ4v) is 5.25. The Bertz CT molecular complexity index is 1520. The first-order valence-electron chi connectivity index (χ1n) is 12.1. The van der Waals surface area contributed by atoms with E-state index in [4.69, 9.17) is 16.7 Å². The summed E-state index contributed by atoms with van der Waals surface area (Å²) in [6, 6.07) is 26.0. The first kappa shape index (κ1) is 22.7. The summed E-state index contributed by atoms with van der Waals surface area (Å²) in [7, 11) is 0. The number of rotatable bonds is 4. The minimum absolute atomic E-state index is 0.602. The van der Waals surface area contributed by atoms with E-state index in [0.29, 0.717) is 31.0 Å². The number of hydrogen-bond acceptors (Lipinski definition) is 5. The quantitative estimate of drug-likeness (QED) is 0.334. The van der Waals surface area contributed by atoms with Gasteiger partial charge in [0.05, 0.1) is 33.6 Å². The summed E-state index contributed by atoms with van der Waals surface area (Å²) in [5.41, 5.74) is 4.82. The van der Waals surface area contributed by atoms with E-state index in [1.54, 1.807) is 6.20 Å². The van der Waals surface area contributed by atoms with Crippen LogP contribution in [-0.2, 0) is 5.60 Å². The lowest BCUT2D eigenvalue weighted by Crippen LogP contribution is -2.43. The van der Waals surface area contributed by atoms with Gasteiger partial charge < -0.3 is 10.0 Å². The maximum Gasteiger partial charge on any atom is 0.179 e. The average molecular weight is 496 g/mol. The zero-order valence-corrected chi connectivity index (χ0v) is 20.7. The van der Waals surface area contributed by atoms with E-state index in [1.165, 1.54) is 5.56 Å². The molecule has 1 N–H and O–H groups in total. The number of fused-ring (bicyclic) bond motifs is 1. The number of aromatic nitrogens is 4. The van der Waals surface area contributed by atoms with Crippen molar-refractivity contribution >= 4 is 28.3 Å². The summed E-state index contributed by atoms with van der Waals surface area (Å²) in [4.78, 5) is 2.18. The molecule has 7 heteroatoms. The van der Waals surface area contributed by atoms with Crippen LogP contribution in [0.1, 0.15) is 24.0 Å². The average Bonchev–Trinajstić information content (AvgIpc) is 3.30. The van der Waals surface area contributed by atoms with Gasteiger partial charge in [-0.3, -0.25) is 0 Å². The number of aryl methyl sites for hydroxylation is 1. The van der Waals surface area contributed by atoms with E-state index in [9.17, 15) is 5.11 Å². The van der Waals surface area contributed by atoms with Crippen molar-refractivity contribution in [2.24, 2.45) is 0 Å². The molecule has 2 aromatic heterocycles. The normalized spacial score (nSPS) is 15.4. The van der Waals surface area contributed by atoms with Gasteiger partial charge in [-0.25, -0.2) is 4.68 Å². The van der Waals surface area contributed by atoms with E-state index in [-0.39, 0.29) is 0 Å². The van der Waals surface area contributed by atoms with Gasteiger partial charge in [0.25, 0.3) is 0 Å². The second kappa shape index (κ2) is 9.04. The van der Waals surface area contributed by atoms with Crippen molar-refractivity contribution in [3.8, 4) is 16.9 Å². The molecule has 1 fully saturated rings. The highest BCUT2D eigenvalue weighted by Gasteiger charge is 2.35. The third-order valence-electron chi connectivity index (χ3n) is 7.08. The van der Waals surface area contributed by atoms with Gasteiger partial charge in [-0.15, -0.1) is 5.10 Å². The SMILES string of the molecule is Cc1ccc(-c2c3cnnc(N4CCC(O)(c5ccccc5)CC4)c3nn2-c2ccccc2Cl)cc1. The molecule has 1 saturated heterocycles. The van der Waals surface area contributed by atoms with Gasteiger partial charge >= 0.3 is 0 Å². The van der Waals surface area contributed by atoms with Crippen LogP contribution in [0.25, 0.3) is 27.8 Å². The number of anilines is 1. The lowest BCUT2D eigenvalue weighted by molar-refractivity contribution is 0.0117. The smallest absolute Gasteiger partial charge is 0.179 e. The molecule has 180 valence electrons. The number of para-hydroxylation sites is 1. The van der Waals surface area contributed by atoms with Crippen LogP contribution in [0.4, 0.5) is 5.82 Å². The second-order valence-corrected chi connectivity index (χ2v) is 9.80. The lowest BCUT2D eigenvalue weighted by atomic mass is 9.84. The van der Waals surface area contributed by atoms with Crippen LogP contribution in [0, 0.1) is 6.92 Å². The molecule has 5 aromatic rings. The minimum Gasteiger partial charge on any atom is -0.385 e. The van der Waals surface area contributed by atoms with Crippen molar-refractivity contribution in [3.05, 3.63) is 101 Å². The van der Waals surface area contributed by atoms with E-state index in [1.807, 2.05) is 59.3 Å². The largest absolute Gasteiger partial charge is 0.385 e. The molecular weight excluding hydrogens is 470 g/mol. The Morgan fingerprint density at radius 1 is 0.889 bits per heavy atom. The zero-order valence-electron chi connectivity index (χ0n) is 20.0. The van der Waals surface area contributed by atoms with Crippen molar-refractivity contribution in [1.82, 2.24) is 20.0 Å². The van der Waals surface area contributed by atoms with Gasteiger partial charge in [0.15, 0.2) is 5.82 Å². The molecule has 0 saturated carbocycles. The molecule has 3 aromatic carbocycles. The molecule has 3 heterocycles. The molecular formula is C29H26ClN5O. The van der Waals surface area contributed by atoms with E-state index >= 15 is 0 Å². The third-order valence-corrected chi connectivity index (χ3v) is 7.40. The van der Waals surface area contributed by atoms with Crippen molar-refractivity contribution in [3.63, 3.8) is 0 Å². The topological polar surface area (TPSA) is 67.1 Å². The fraction of sp³-hybridized carbons (Fsp3) is 0.207. The molecule has 6 rings (SSSR count). The summed E-state index contributed by atoms with van der Waals surface area (Å²) >= 11 is 6.62. The molecule has 36 heavy (non-hydrogen) atoms. The number of piperidine rings is 1. The summed E-state index contributed by atoms with van der Waals surface area (Å²) in [5, 5.41) is 26.8. The van der Waals surface area contributed by atoms with Crippen LogP contribution in [0.5, 0.6) is 0 Å². The predicted molar refractivity (Wildman–Crippen MR) is 144 cm³/mol.